The van der Waals surface area contributed by atoms with Crippen LogP contribution in [0.5, 0.6) is 0 Å². The first-order chi connectivity index (χ1) is 8.94. The highest BCUT2D eigenvalue weighted by atomic mass is 32.2. The summed E-state index contributed by atoms with van der Waals surface area (Å²) in [4.78, 5) is 6.63. The molecule has 5 nitrogen and oxygen atoms in total. The third-order valence-electron chi connectivity index (χ3n) is 3.26. The zero-order chi connectivity index (χ0) is 13.9. The van der Waals surface area contributed by atoms with Crippen molar-refractivity contribution in [2.45, 2.75) is 25.9 Å². The van der Waals surface area contributed by atoms with Gasteiger partial charge in [0, 0.05) is 31.1 Å². The van der Waals surface area contributed by atoms with Crippen LogP contribution in [0.4, 0.5) is 0 Å². The van der Waals surface area contributed by atoms with Crippen molar-refractivity contribution >= 4 is 21.2 Å². The van der Waals surface area contributed by atoms with Crippen molar-refractivity contribution in [2.24, 2.45) is 0 Å². The van der Waals surface area contributed by atoms with E-state index in [2.05, 4.69) is 27.6 Å². The standard InChI is InChI=1S/C12H21N3O2S2/c1-10-14-12(8-18-10)7-15(2)5-4-13-11-3-6-19(16,17)9-11/h8,11,13H,3-7,9H2,1-2H3. The Morgan fingerprint density at radius 1 is 1.58 bits per heavy atom. The molecule has 0 amide bonds. The van der Waals surface area contributed by atoms with Crippen molar-refractivity contribution < 1.29 is 8.42 Å². The van der Waals surface area contributed by atoms with Gasteiger partial charge in [-0.25, -0.2) is 13.4 Å². The quantitative estimate of drug-likeness (QED) is 0.836. The fourth-order valence-electron chi connectivity index (χ4n) is 2.25. The third kappa shape index (κ3) is 4.83. The lowest BCUT2D eigenvalue weighted by Gasteiger charge is -2.17. The number of nitrogens with one attached hydrogen (secondary N) is 1. The lowest BCUT2D eigenvalue weighted by molar-refractivity contribution is 0.315. The molecule has 7 heteroatoms. The summed E-state index contributed by atoms with van der Waals surface area (Å²) < 4.78 is 22.6. The van der Waals surface area contributed by atoms with Gasteiger partial charge < -0.3 is 5.32 Å². The van der Waals surface area contributed by atoms with Gasteiger partial charge in [-0.1, -0.05) is 0 Å². The fraction of sp³-hybridized carbons (Fsp3) is 0.750. The average Bonchev–Trinajstić information content (AvgIpc) is 2.85. The molecule has 1 unspecified atom stereocenters. The predicted octanol–water partition coefficient (Wildman–Crippen LogP) is 0.660. The molecule has 1 fully saturated rings. The SMILES string of the molecule is Cc1nc(CN(C)CCNC2CCS(=O)(=O)C2)cs1. The lowest BCUT2D eigenvalue weighted by atomic mass is 10.2. The average molecular weight is 303 g/mol. The maximum absolute atomic E-state index is 11.3. The number of likely N-dealkylation sites (N-methyl/N-ethyl adjacent to an activating group) is 1. The van der Waals surface area contributed by atoms with Crippen molar-refractivity contribution in [2.75, 3.05) is 31.6 Å². The molecule has 1 saturated heterocycles. The Morgan fingerprint density at radius 3 is 2.95 bits per heavy atom. The number of sulfone groups is 1. The van der Waals surface area contributed by atoms with E-state index in [-0.39, 0.29) is 6.04 Å². The van der Waals surface area contributed by atoms with E-state index in [9.17, 15) is 8.42 Å². The summed E-state index contributed by atoms with van der Waals surface area (Å²) in [5, 5.41) is 6.50. The van der Waals surface area contributed by atoms with E-state index in [0.717, 1.165) is 36.8 Å². The molecule has 1 atom stereocenters. The van der Waals surface area contributed by atoms with E-state index in [4.69, 9.17) is 0 Å². The highest BCUT2D eigenvalue weighted by Gasteiger charge is 2.27. The lowest BCUT2D eigenvalue weighted by Crippen LogP contribution is -2.36. The molecule has 1 aliphatic heterocycles. The summed E-state index contributed by atoms with van der Waals surface area (Å²) in [6.07, 6.45) is 0.747. The van der Waals surface area contributed by atoms with Crippen LogP contribution in [0.1, 0.15) is 17.1 Å². The van der Waals surface area contributed by atoms with Crippen LogP contribution < -0.4 is 5.32 Å². The topological polar surface area (TPSA) is 62.3 Å². The zero-order valence-corrected chi connectivity index (χ0v) is 13.1. The number of hydrogen-bond donors (Lipinski definition) is 1. The summed E-state index contributed by atoms with van der Waals surface area (Å²) in [5.74, 6) is 0.626. The molecule has 0 saturated carbocycles. The Morgan fingerprint density at radius 2 is 2.37 bits per heavy atom. The van der Waals surface area contributed by atoms with Crippen LogP contribution in [0.15, 0.2) is 5.38 Å². The molecule has 0 radical (unpaired) electrons. The van der Waals surface area contributed by atoms with Crippen LogP contribution in [0.25, 0.3) is 0 Å². The first-order valence-electron chi connectivity index (χ1n) is 6.48. The van der Waals surface area contributed by atoms with Crippen LogP contribution >= 0.6 is 11.3 Å². The second-order valence-electron chi connectivity index (χ2n) is 5.15. The summed E-state index contributed by atoms with van der Waals surface area (Å²) >= 11 is 1.67. The molecule has 1 aliphatic rings. The molecule has 19 heavy (non-hydrogen) atoms. The number of rotatable bonds is 6. The molecule has 2 heterocycles. The highest BCUT2D eigenvalue weighted by Crippen LogP contribution is 2.11. The second-order valence-corrected chi connectivity index (χ2v) is 8.44. The normalized spacial score (nSPS) is 22.2. The van der Waals surface area contributed by atoms with Gasteiger partial charge in [0.25, 0.3) is 0 Å². The van der Waals surface area contributed by atoms with Gasteiger partial charge in [0.1, 0.15) is 0 Å². The number of aromatic nitrogens is 1. The van der Waals surface area contributed by atoms with Gasteiger partial charge in [-0.05, 0) is 20.4 Å². The van der Waals surface area contributed by atoms with Gasteiger partial charge in [0.05, 0.1) is 22.2 Å². The van der Waals surface area contributed by atoms with Gasteiger partial charge in [-0.15, -0.1) is 11.3 Å². The van der Waals surface area contributed by atoms with Gasteiger partial charge in [-0.3, -0.25) is 4.90 Å². The Labute approximate surface area is 119 Å². The molecule has 1 aromatic heterocycles. The molecule has 2 rings (SSSR count). The fourth-order valence-corrected chi connectivity index (χ4v) is 4.56. The van der Waals surface area contributed by atoms with E-state index in [0.29, 0.717) is 11.5 Å². The van der Waals surface area contributed by atoms with Crippen LogP contribution in [-0.2, 0) is 16.4 Å². The number of nitrogens with zero attached hydrogens (tertiary/aromatic N) is 2. The molecule has 0 aromatic carbocycles. The van der Waals surface area contributed by atoms with E-state index >= 15 is 0 Å². The highest BCUT2D eigenvalue weighted by molar-refractivity contribution is 7.91. The smallest absolute Gasteiger partial charge is 0.151 e. The predicted molar refractivity (Wildman–Crippen MR) is 78.2 cm³/mol. The third-order valence-corrected chi connectivity index (χ3v) is 5.85. The number of hydrogen-bond acceptors (Lipinski definition) is 6. The van der Waals surface area contributed by atoms with E-state index in [1.54, 1.807) is 11.3 Å². The van der Waals surface area contributed by atoms with Crippen LogP contribution in [0.3, 0.4) is 0 Å². The Bertz CT molecular complexity index is 513. The first kappa shape index (κ1) is 14.9. The van der Waals surface area contributed by atoms with Gasteiger partial charge in [0.15, 0.2) is 9.84 Å². The minimum absolute atomic E-state index is 0.139. The molecule has 0 aliphatic carbocycles. The minimum Gasteiger partial charge on any atom is -0.312 e. The van der Waals surface area contributed by atoms with Crippen LogP contribution in [0.2, 0.25) is 0 Å². The van der Waals surface area contributed by atoms with Crippen molar-refractivity contribution in [3.05, 3.63) is 16.1 Å². The largest absolute Gasteiger partial charge is 0.312 e. The summed E-state index contributed by atoms with van der Waals surface area (Å²) in [5.41, 5.74) is 1.11. The summed E-state index contributed by atoms with van der Waals surface area (Å²) in [6.45, 7) is 4.57. The number of thiazole rings is 1. The number of aryl methyl sites for hydroxylation is 1. The van der Waals surface area contributed by atoms with Gasteiger partial charge in [0.2, 0.25) is 0 Å². The summed E-state index contributed by atoms with van der Waals surface area (Å²) in [6, 6.07) is 0.139. The molecule has 0 spiro atoms. The van der Waals surface area contributed by atoms with E-state index in [1.807, 2.05) is 6.92 Å². The van der Waals surface area contributed by atoms with E-state index in [1.165, 1.54) is 0 Å². The molecular weight excluding hydrogens is 282 g/mol. The molecule has 1 aromatic rings. The molecule has 1 N–H and O–H groups in total. The Balaban J connectivity index is 1.66. The van der Waals surface area contributed by atoms with Crippen molar-refractivity contribution in [1.29, 1.82) is 0 Å². The second kappa shape index (κ2) is 6.30. The Hall–Kier alpha value is -0.500. The van der Waals surface area contributed by atoms with Crippen molar-refractivity contribution in [1.82, 2.24) is 15.2 Å². The van der Waals surface area contributed by atoms with Gasteiger partial charge in [-0.2, -0.15) is 0 Å². The van der Waals surface area contributed by atoms with Crippen molar-refractivity contribution in [3.63, 3.8) is 0 Å². The zero-order valence-electron chi connectivity index (χ0n) is 11.4. The Kier molecular flexibility index (Phi) is 4.94. The maximum atomic E-state index is 11.3. The summed E-state index contributed by atoms with van der Waals surface area (Å²) in [7, 11) is -0.719. The molecule has 108 valence electrons. The monoisotopic (exact) mass is 303 g/mol. The molecule has 0 bridgehead atoms. The maximum Gasteiger partial charge on any atom is 0.151 e. The van der Waals surface area contributed by atoms with E-state index < -0.39 is 9.84 Å². The minimum atomic E-state index is -2.78. The van der Waals surface area contributed by atoms with Crippen LogP contribution in [-0.4, -0.2) is 56.0 Å². The first-order valence-corrected chi connectivity index (χ1v) is 9.18. The molecular formula is C12H21N3O2S2. The van der Waals surface area contributed by atoms with Crippen molar-refractivity contribution in [3.8, 4) is 0 Å². The van der Waals surface area contributed by atoms with Gasteiger partial charge >= 0.3 is 0 Å². The van der Waals surface area contributed by atoms with Crippen LogP contribution in [0, 0.1) is 6.92 Å².